The summed E-state index contributed by atoms with van der Waals surface area (Å²) in [4.78, 5) is 24.4. The number of piperidine rings is 1. The molecule has 2 aromatic carbocycles. The van der Waals surface area contributed by atoms with Crippen LogP contribution < -0.4 is 10.2 Å². The van der Waals surface area contributed by atoms with Gasteiger partial charge in [-0.1, -0.05) is 43.3 Å². The first-order valence-corrected chi connectivity index (χ1v) is 11.0. The molecule has 1 saturated heterocycles. The molecule has 0 spiro atoms. The number of aryl methyl sites for hydroxylation is 1. The molecule has 31 heavy (non-hydrogen) atoms. The Kier molecular flexibility index (Phi) is 5.92. The molecular weight excluding hydrogens is 388 g/mol. The fourth-order valence-electron chi connectivity index (χ4n) is 3.98. The smallest absolute Gasteiger partial charge is 0.251 e. The van der Waals surface area contributed by atoms with Crippen LogP contribution >= 0.6 is 0 Å². The summed E-state index contributed by atoms with van der Waals surface area (Å²) in [6, 6.07) is 16.4. The van der Waals surface area contributed by atoms with Crippen LogP contribution in [0.2, 0.25) is 0 Å². The number of benzene rings is 2. The van der Waals surface area contributed by atoms with Gasteiger partial charge in [0.25, 0.3) is 5.91 Å². The molecule has 2 heterocycles. The summed E-state index contributed by atoms with van der Waals surface area (Å²) < 4.78 is 0. The van der Waals surface area contributed by atoms with Crippen LogP contribution in [-0.2, 0) is 4.79 Å². The minimum Gasteiger partial charge on any atom is -0.380 e. The van der Waals surface area contributed by atoms with E-state index in [0.29, 0.717) is 6.42 Å². The average molecular weight is 423 g/mol. The molecule has 1 aromatic heterocycles. The summed E-state index contributed by atoms with van der Waals surface area (Å²) in [6.07, 6.45) is 2.01. The lowest BCUT2D eigenvalue weighted by molar-refractivity contribution is -0.139. The number of nitrogens with one attached hydrogen (secondary N) is 1. The number of carbonyl (C=O) groups is 1. The Morgan fingerprint density at radius 2 is 1.84 bits per heavy atom. The fourth-order valence-corrected chi connectivity index (χ4v) is 3.98. The van der Waals surface area contributed by atoms with E-state index in [1.165, 1.54) is 0 Å². The fraction of sp³-hybridized carbons (Fsp3) is 0.400. The van der Waals surface area contributed by atoms with Gasteiger partial charge in [0.1, 0.15) is 11.4 Å². The number of nitrogens with zero attached hydrogens (tertiary/aromatic N) is 3. The van der Waals surface area contributed by atoms with Crippen LogP contribution in [0.15, 0.2) is 48.5 Å². The van der Waals surface area contributed by atoms with Gasteiger partial charge in [0, 0.05) is 32.9 Å². The number of amides is 1. The second-order valence-corrected chi connectivity index (χ2v) is 8.57. The highest BCUT2D eigenvalue weighted by Gasteiger charge is 2.31. The monoisotopic (exact) mass is 422 g/mol. The van der Waals surface area contributed by atoms with Gasteiger partial charge in [-0.3, -0.25) is 4.79 Å². The van der Waals surface area contributed by atoms with E-state index in [1.807, 2.05) is 37.3 Å². The molecule has 2 N–H and O–H groups in total. The van der Waals surface area contributed by atoms with Gasteiger partial charge in [-0.15, -0.1) is 0 Å². The first-order valence-electron chi connectivity index (χ1n) is 11.0. The van der Waals surface area contributed by atoms with Crippen molar-refractivity contribution in [3.05, 3.63) is 54.1 Å². The normalized spacial score (nSPS) is 16.8. The number of aliphatic hydroxyl groups is 1. The molecule has 0 aliphatic carbocycles. The van der Waals surface area contributed by atoms with E-state index in [-0.39, 0.29) is 14.8 Å². The van der Waals surface area contributed by atoms with Crippen molar-refractivity contribution in [2.24, 2.45) is 0 Å². The SMILES string of the molecule is CCC(C)(O)C(=O)NC1CCN(c2nc(-c3ccccc3C)nc3ccccc23)CC1.[HH].[HH]. The van der Waals surface area contributed by atoms with E-state index >= 15 is 0 Å². The molecule has 1 fully saturated rings. The number of hydrogen-bond donors (Lipinski definition) is 2. The highest BCUT2D eigenvalue weighted by Crippen LogP contribution is 2.30. The van der Waals surface area contributed by atoms with Crippen LogP contribution in [-0.4, -0.2) is 45.7 Å². The number of rotatable bonds is 5. The van der Waals surface area contributed by atoms with Crippen molar-refractivity contribution >= 4 is 22.6 Å². The van der Waals surface area contributed by atoms with Crippen LogP contribution in [0.25, 0.3) is 22.3 Å². The quantitative estimate of drug-likeness (QED) is 0.639. The summed E-state index contributed by atoms with van der Waals surface area (Å²) in [5.74, 6) is 1.39. The second kappa shape index (κ2) is 8.63. The van der Waals surface area contributed by atoms with Gasteiger partial charge in [-0.2, -0.15) is 0 Å². The van der Waals surface area contributed by atoms with E-state index < -0.39 is 5.60 Å². The molecular formula is C25H34N4O2. The molecule has 1 atom stereocenters. The number of hydrogen-bond acceptors (Lipinski definition) is 5. The molecule has 6 heteroatoms. The van der Waals surface area contributed by atoms with Crippen molar-refractivity contribution in [2.45, 2.75) is 51.7 Å². The zero-order chi connectivity index (χ0) is 22.0. The first-order chi connectivity index (χ1) is 14.9. The van der Waals surface area contributed by atoms with E-state index in [2.05, 4.69) is 35.3 Å². The third kappa shape index (κ3) is 4.39. The predicted octanol–water partition coefficient (Wildman–Crippen LogP) is 4.34. The van der Waals surface area contributed by atoms with Gasteiger partial charge >= 0.3 is 0 Å². The van der Waals surface area contributed by atoms with E-state index in [9.17, 15) is 9.90 Å². The summed E-state index contributed by atoms with van der Waals surface area (Å²) in [6.45, 7) is 7.03. The molecule has 166 valence electrons. The van der Waals surface area contributed by atoms with Crippen LogP contribution in [0.1, 0.15) is 41.5 Å². The minimum absolute atomic E-state index is 0. The van der Waals surface area contributed by atoms with E-state index in [1.54, 1.807) is 6.92 Å². The van der Waals surface area contributed by atoms with Gasteiger partial charge in [0.15, 0.2) is 5.82 Å². The third-order valence-corrected chi connectivity index (χ3v) is 6.28. The Morgan fingerprint density at radius 3 is 2.55 bits per heavy atom. The van der Waals surface area contributed by atoms with Crippen LogP contribution in [0, 0.1) is 6.92 Å². The third-order valence-electron chi connectivity index (χ3n) is 6.28. The van der Waals surface area contributed by atoms with Crippen molar-refractivity contribution < 1.29 is 12.8 Å². The zero-order valence-corrected chi connectivity index (χ0v) is 18.4. The standard InChI is InChI=1S/C25H30N4O2.2H2/c1-4-25(3,31)24(30)26-18-13-15-29(16-14-18)23-20-11-7-8-12-21(20)27-22(28-23)19-10-6-5-9-17(19)2;;/h5-12,18,31H,4,13-16H2,1-3H3,(H,26,30);2*1H. The molecule has 1 aliphatic heterocycles. The number of fused-ring (bicyclic) bond motifs is 1. The maximum atomic E-state index is 12.3. The highest BCUT2D eigenvalue weighted by atomic mass is 16.3. The Morgan fingerprint density at radius 1 is 1.16 bits per heavy atom. The Labute approximate surface area is 186 Å². The molecule has 1 unspecified atom stereocenters. The van der Waals surface area contributed by atoms with Crippen LogP contribution in [0.3, 0.4) is 0 Å². The molecule has 1 aliphatic rings. The largest absolute Gasteiger partial charge is 0.380 e. The molecule has 0 bridgehead atoms. The molecule has 4 rings (SSSR count). The maximum Gasteiger partial charge on any atom is 0.251 e. The second-order valence-electron chi connectivity index (χ2n) is 8.57. The number of para-hydroxylation sites is 1. The zero-order valence-electron chi connectivity index (χ0n) is 18.4. The molecule has 0 radical (unpaired) electrons. The average Bonchev–Trinajstić information content (AvgIpc) is 2.79. The Balaban J connectivity index is 0.00000193. The van der Waals surface area contributed by atoms with Crippen molar-refractivity contribution in [1.82, 2.24) is 15.3 Å². The Hall–Kier alpha value is -2.99. The summed E-state index contributed by atoms with van der Waals surface area (Å²) in [5, 5.41) is 14.2. The van der Waals surface area contributed by atoms with Crippen molar-refractivity contribution in [3.8, 4) is 11.4 Å². The minimum atomic E-state index is -1.32. The van der Waals surface area contributed by atoms with Gasteiger partial charge in [-0.05, 0) is 50.8 Å². The lowest BCUT2D eigenvalue weighted by Crippen LogP contribution is -2.51. The maximum absolute atomic E-state index is 12.3. The van der Waals surface area contributed by atoms with Gasteiger partial charge in [0.05, 0.1) is 5.52 Å². The first kappa shape index (κ1) is 21.2. The molecule has 1 amide bonds. The summed E-state index contributed by atoms with van der Waals surface area (Å²) in [7, 11) is 0. The van der Waals surface area contributed by atoms with Crippen molar-refractivity contribution in [1.29, 1.82) is 0 Å². The van der Waals surface area contributed by atoms with Gasteiger partial charge in [0.2, 0.25) is 0 Å². The highest BCUT2D eigenvalue weighted by molar-refractivity contribution is 5.91. The van der Waals surface area contributed by atoms with E-state index in [4.69, 9.17) is 9.97 Å². The number of aromatic nitrogens is 2. The van der Waals surface area contributed by atoms with Gasteiger partial charge in [-0.25, -0.2) is 9.97 Å². The number of carbonyl (C=O) groups excluding carboxylic acids is 1. The Bertz CT molecular complexity index is 1100. The van der Waals surface area contributed by atoms with Crippen LogP contribution in [0.4, 0.5) is 5.82 Å². The summed E-state index contributed by atoms with van der Waals surface area (Å²) >= 11 is 0. The summed E-state index contributed by atoms with van der Waals surface area (Å²) in [5.41, 5.74) is 1.80. The van der Waals surface area contributed by atoms with Crippen molar-refractivity contribution in [3.63, 3.8) is 0 Å². The predicted molar refractivity (Wildman–Crippen MR) is 128 cm³/mol. The molecule has 3 aromatic rings. The molecule has 0 saturated carbocycles. The molecule has 6 nitrogen and oxygen atoms in total. The van der Waals surface area contributed by atoms with Crippen LogP contribution in [0.5, 0.6) is 0 Å². The van der Waals surface area contributed by atoms with Gasteiger partial charge < -0.3 is 15.3 Å². The van der Waals surface area contributed by atoms with E-state index in [0.717, 1.165) is 59.6 Å². The number of anilines is 1. The lowest BCUT2D eigenvalue weighted by atomic mass is 9.99. The lowest BCUT2D eigenvalue weighted by Gasteiger charge is -2.35. The van der Waals surface area contributed by atoms with Crippen molar-refractivity contribution in [2.75, 3.05) is 18.0 Å². The topological polar surface area (TPSA) is 78.4 Å².